The van der Waals surface area contributed by atoms with Crippen LogP contribution in [0.2, 0.25) is 0 Å². The van der Waals surface area contributed by atoms with Gasteiger partial charge in [-0.05, 0) is 50.0 Å². The molecule has 1 aromatic carbocycles. The molecule has 1 fully saturated rings. The zero-order valence-electron chi connectivity index (χ0n) is 11.7. The van der Waals surface area contributed by atoms with Crippen LogP contribution in [0.4, 0.5) is 5.69 Å². The molecule has 6 heteroatoms. The number of aromatic nitrogens is 2. The molecule has 2 N–H and O–H groups in total. The summed E-state index contributed by atoms with van der Waals surface area (Å²) in [5, 5.41) is 13.7. The Kier molecular flexibility index (Phi) is 4.25. The van der Waals surface area contributed by atoms with Gasteiger partial charge in [-0.3, -0.25) is 4.79 Å². The fourth-order valence-electron chi connectivity index (χ4n) is 2.55. The van der Waals surface area contributed by atoms with Crippen molar-refractivity contribution >= 4 is 11.6 Å². The smallest absolute Gasteiger partial charge is 0.247 e. The lowest BCUT2D eigenvalue weighted by molar-refractivity contribution is -0.116. The van der Waals surface area contributed by atoms with Crippen molar-refractivity contribution in [2.24, 2.45) is 5.92 Å². The van der Waals surface area contributed by atoms with E-state index in [9.17, 15) is 4.79 Å². The zero-order valence-corrected chi connectivity index (χ0v) is 11.7. The lowest BCUT2D eigenvalue weighted by Crippen LogP contribution is -2.15. The number of benzene rings is 1. The van der Waals surface area contributed by atoms with Crippen LogP contribution in [-0.2, 0) is 4.79 Å². The molecule has 1 aromatic heterocycles. The Balaban J connectivity index is 1.56. The summed E-state index contributed by atoms with van der Waals surface area (Å²) in [7, 11) is 0. The molecule has 0 bridgehead atoms. The van der Waals surface area contributed by atoms with E-state index in [1.54, 1.807) is 0 Å². The molecule has 1 aliphatic heterocycles. The van der Waals surface area contributed by atoms with Crippen molar-refractivity contribution in [3.8, 4) is 11.5 Å². The predicted octanol–water partition coefficient (Wildman–Crippen LogP) is 2.06. The van der Waals surface area contributed by atoms with Crippen LogP contribution >= 0.6 is 0 Å². The highest BCUT2D eigenvalue weighted by Gasteiger charge is 2.15. The highest BCUT2D eigenvalue weighted by Crippen LogP contribution is 2.21. The Morgan fingerprint density at radius 3 is 3.19 bits per heavy atom. The lowest BCUT2D eigenvalue weighted by atomic mass is 10.0. The van der Waals surface area contributed by atoms with Crippen LogP contribution in [0.1, 0.15) is 19.3 Å². The largest absolute Gasteiger partial charge is 0.423 e. The molecule has 0 spiro atoms. The maximum atomic E-state index is 12.0. The lowest BCUT2D eigenvalue weighted by Gasteiger charge is -2.09. The molecule has 3 rings (SSSR count). The van der Waals surface area contributed by atoms with Crippen molar-refractivity contribution in [1.82, 2.24) is 15.5 Å². The summed E-state index contributed by atoms with van der Waals surface area (Å²) < 4.78 is 5.15. The quantitative estimate of drug-likeness (QED) is 0.879. The number of hydrogen-bond acceptors (Lipinski definition) is 5. The molecular formula is C15H18N4O2. The summed E-state index contributed by atoms with van der Waals surface area (Å²) in [6.45, 7) is 2.10. The average molecular weight is 286 g/mol. The van der Waals surface area contributed by atoms with Gasteiger partial charge in [0.2, 0.25) is 18.2 Å². The molecule has 1 saturated heterocycles. The van der Waals surface area contributed by atoms with Gasteiger partial charge in [0.1, 0.15) is 0 Å². The minimum Gasteiger partial charge on any atom is -0.423 e. The zero-order chi connectivity index (χ0) is 14.5. The van der Waals surface area contributed by atoms with Crippen molar-refractivity contribution in [2.45, 2.75) is 19.3 Å². The van der Waals surface area contributed by atoms with Crippen LogP contribution in [0.3, 0.4) is 0 Å². The molecule has 2 heterocycles. The normalized spacial score (nSPS) is 17.8. The third-order valence-corrected chi connectivity index (χ3v) is 3.70. The number of carbonyl (C=O) groups is 1. The molecule has 0 saturated carbocycles. The van der Waals surface area contributed by atoms with E-state index >= 15 is 0 Å². The second-order valence-corrected chi connectivity index (χ2v) is 5.27. The number of carbonyl (C=O) groups excluding carboxylic acids is 1. The van der Waals surface area contributed by atoms with Gasteiger partial charge in [-0.25, -0.2) is 0 Å². The molecular weight excluding hydrogens is 268 g/mol. The Morgan fingerprint density at radius 1 is 1.48 bits per heavy atom. The summed E-state index contributed by atoms with van der Waals surface area (Å²) >= 11 is 0. The third-order valence-electron chi connectivity index (χ3n) is 3.70. The van der Waals surface area contributed by atoms with Crippen molar-refractivity contribution in [3.05, 3.63) is 30.7 Å². The van der Waals surface area contributed by atoms with Gasteiger partial charge < -0.3 is 15.1 Å². The van der Waals surface area contributed by atoms with Gasteiger partial charge in [-0.1, -0.05) is 6.07 Å². The highest BCUT2D eigenvalue weighted by atomic mass is 16.4. The van der Waals surface area contributed by atoms with E-state index in [1.165, 1.54) is 12.8 Å². The second-order valence-electron chi connectivity index (χ2n) is 5.27. The minimum absolute atomic E-state index is 0.0459. The molecule has 1 unspecified atom stereocenters. The first kappa shape index (κ1) is 13.8. The number of nitrogens with one attached hydrogen (secondary N) is 2. The fraction of sp³-hybridized carbons (Fsp3) is 0.400. The highest BCUT2D eigenvalue weighted by molar-refractivity contribution is 5.91. The summed E-state index contributed by atoms with van der Waals surface area (Å²) in [4.78, 5) is 12.0. The van der Waals surface area contributed by atoms with Gasteiger partial charge >= 0.3 is 0 Å². The van der Waals surface area contributed by atoms with Crippen molar-refractivity contribution < 1.29 is 9.21 Å². The molecule has 0 radical (unpaired) electrons. The van der Waals surface area contributed by atoms with Gasteiger partial charge in [0.05, 0.1) is 0 Å². The molecule has 21 heavy (non-hydrogen) atoms. The Morgan fingerprint density at radius 2 is 2.43 bits per heavy atom. The van der Waals surface area contributed by atoms with E-state index < -0.39 is 0 Å². The first-order chi connectivity index (χ1) is 10.3. The number of anilines is 1. The fourth-order valence-corrected chi connectivity index (χ4v) is 2.55. The van der Waals surface area contributed by atoms with Crippen LogP contribution in [0.15, 0.2) is 35.1 Å². The van der Waals surface area contributed by atoms with E-state index in [4.69, 9.17) is 4.42 Å². The van der Waals surface area contributed by atoms with Crippen molar-refractivity contribution in [1.29, 1.82) is 0 Å². The molecule has 1 aliphatic rings. The molecule has 0 aliphatic carbocycles. The standard InChI is InChI=1S/C15H18N4O2/c20-14(5-4-11-6-7-16-9-11)18-13-3-1-2-12(8-13)15-19-17-10-21-15/h1-3,8,10-11,16H,4-7,9H2,(H,18,20). The Bertz CT molecular complexity index is 591. The summed E-state index contributed by atoms with van der Waals surface area (Å²) in [5.74, 6) is 1.12. The van der Waals surface area contributed by atoms with E-state index in [1.807, 2.05) is 24.3 Å². The van der Waals surface area contributed by atoms with Crippen LogP contribution in [-0.4, -0.2) is 29.2 Å². The van der Waals surface area contributed by atoms with Crippen molar-refractivity contribution in [3.63, 3.8) is 0 Å². The summed E-state index contributed by atoms with van der Waals surface area (Å²) in [6, 6.07) is 7.42. The Hall–Kier alpha value is -2.21. The average Bonchev–Trinajstić information content (AvgIpc) is 3.19. The van der Waals surface area contributed by atoms with Gasteiger partial charge in [-0.2, -0.15) is 0 Å². The third kappa shape index (κ3) is 3.66. The van der Waals surface area contributed by atoms with E-state index in [0.29, 0.717) is 18.2 Å². The van der Waals surface area contributed by atoms with Crippen LogP contribution in [0, 0.1) is 5.92 Å². The number of nitrogens with zero attached hydrogens (tertiary/aromatic N) is 2. The molecule has 6 nitrogen and oxygen atoms in total. The Labute approximate surface area is 123 Å². The first-order valence-electron chi connectivity index (χ1n) is 7.18. The molecule has 1 amide bonds. The second kappa shape index (κ2) is 6.49. The van der Waals surface area contributed by atoms with E-state index in [0.717, 1.165) is 30.8 Å². The minimum atomic E-state index is 0.0459. The monoisotopic (exact) mass is 286 g/mol. The van der Waals surface area contributed by atoms with Gasteiger partial charge in [0.15, 0.2) is 0 Å². The van der Waals surface area contributed by atoms with Crippen LogP contribution < -0.4 is 10.6 Å². The maximum Gasteiger partial charge on any atom is 0.247 e. The van der Waals surface area contributed by atoms with Crippen LogP contribution in [0.5, 0.6) is 0 Å². The number of amides is 1. The molecule has 1 atom stereocenters. The first-order valence-corrected chi connectivity index (χ1v) is 7.18. The molecule has 2 aromatic rings. The van der Waals surface area contributed by atoms with E-state index in [2.05, 4.69) is 20.8 Å². The van der Waals surface area contributed by atoms with E-state index in [-0.39, 0.29) is 5.91 Å². The van der Waals surface area contributed by atoms with Crippen LogP contribution in [0.25, 0.3) is 11.5 Å². The predicted molar refractivity (Wildman–Crippen MR) is 78.6 cm³/mol. The topological polar surface area (TPSA) is 80.0 Å². The van der Waals surface area contributed by atoms with Gasteiger partial charge in [0.25, 0.3) is 0 Å². The number of hydrogen-bond donors (Lipinski definition) is 2. The van der Waals surface area contributed by atoms with Crippen molar-refractivity contribution in [2.75, 3.05) is 18.4 Å². The maximum absolute atomic E-state index is 12.0. The summed E-state index contributed by atoms with van der Waals surface area (Å²) in [6.07, 6.45) is 3.94. The van der Waals surface area contributed by atoms with Gasteiger partial charge in [0, 0.05) is 17.7 Å². The number of rotatable bonds is 5. The molecule has 110 valence electrons. The van der Waals surface area contributed by atoms with Gasteiger partial charge in [-0.15, -0.1) is 10.2 Å². The SMILES string of the molecule is O=C(CCC1CCNC1)Nc1cccc(-c2nnco2)c1. The summed E-state index contributed by atoms with van der Waals surface area (Å²) in [5.41, 5.74) is 1.55.